The van der Waals surface area contributed by atoms with Crippen molar-refractivity contribution in [1.29, 1.82) is 0 Å². The van der Waals surface area contributed by atoms with E-state index in [9.17, 15) is 4.79 Å². The summed E-state index contributed by atoms with van der Waals surface area (Å²) in [6, 6.07) is 13.5. The third kappa shape index (κ3) is 2.62. The van der Waals surface area contributed by atoms with Gasteiger partial charge in [0.25, 0.3) is 5.91 Å². The van der Waals surface area contributed by atoms with E-state index in [1.54, 1.807) is 10.9 Å². The van der Waals surface area contributed by atoms with Crippen LogP contribution in [0.25, 0.3) is 17.1 Å². The van der Waals surface area contributed by atoms with Gasteiger partial charge in [-0.25, -0.2) is 4.68 Å². The quantitative estimate of drug-likeness (QED) is 0.739. The van der Waals surface area contributed by atoms with Crippen LogP contribution in [0.1, 0.15) is 28.9 Å². The Morgan fingerprint density at radius 3 is 2.54 bits per heavy atom. The van der Waals surface area contributed by atoms with Crippen LogP contribution in [0.15, 0.2) is 53.1 Å². The molecule has 1 aliphatic rings. The molecule has 122 valence electrons. The van der Waals surface area contributed by atoms with Crippen molar-refractivity contribution in [2.24, 2.45) is 0 Å². The molecule has 1 saturated heterocycles. The molecule has 0 unspecified atom stereocenters. The molecule has 5 nitrogen and oxygen atoms in total. The van der Waals surface area contributed by atoms with E-state index in [2.05, 4.69) is 5.10 Å². The van der Waals surface area contributed by atoms with Gasteiger partial charge in [-0.1, -0.05) is 17.7 Å². The van der Waals surface area contributed by atoms with Gasteiger partial charge in [-0.05, 0) is 44.0 Å². The predicted octanol–water partition coefficient (Wildman–Crippen LogP) is 3.68. The Kier molecular flexibility index (Phi) is 3.69. The Morgan fingerprint density at radius 2 is 1.88 bits per heavy atom. The molecule has 3 heterocycles. The molecular weight excluding hydrogens is 302 g/mol. The summed E-state index contributed by atoms with van der Waals surface area (Å²) in [5, 5.41) is 4.62. The van der Waals surface area contributed by atoms with Crippen molar-refractivity contribution in [3.8, 4) is 17.1 Å². The van der Waals surface area contributed by atoms with Gasteiger partial charge in [0.05, 0.1) is 12.0 Å². The number of hydrogen-bond donors (Lipinski definition) is 0. The van der Waals surface area contributed by atoms with Gasteiger partial charge in [-0.15, -0.1) is 0 Å². The normalized spacial score (nSPS) is 14.3. The smallest absolute Gasteiger partial charge is 0.272 e. The topological polar surface area (TPSA) is 51.3 Å². The fourth-order valence-corrected chi connectivity index (χ4v) is 3.04. The summed E-state index contributed by atoms with van der Waals surface area (Å²) in [5.41, 5.74) is 3.29. The maximum absolute atomic E-state index is 12.9. The zero-order valence-electron chi connectivity index (χ0n) is 13.6. The van der Waals surface area contributed by atoms with Crippen LogP contribution >= 0.6 is 0 Å². The minimum atomic E-state index is 0.0263. The lowest BCUT2D eigenvalue weighted by Gasteiger charge is -2.16. The Labute approximate surface area is 140 Å². The van der Waals surface area contributed by atoms with Crippen LogP contribution in [0.2, 0.25) is 0 Å². The van der Waals surface area contributed by atoms with Gasteiger partial charge in [-0.2, -0.15) is 5.10 Å². The number of hydrogen-bond acceptors (Lipinski definition) is 3. The number of benzene rings is 1. The molecule has 1 fully saturated rings. The summed E-state index contributed by atoms with van der Waals surface area (Å²) in [4.78, 5) is 14.8. The van der Waals surface area contributed by atoms with Crippen molar-refractivity contribution < 1.29 is 9.21 Å². The van der Waals surface area contributed by atoms with Crippen LogP contribution in [0.3, 0.4) is 0 Å². The highest BCUT2D eigenvalue weighted by Crippen LogP contribution is 2.24. The van der Waals surface area contributed by atoms with Crippen molar-refractivity contribution in [3.05, 3.63) is 60.0 Å². The lowest BCUT2D eigenvalue weighted by atomic mass is 10.2. The largest absolute Gasteiger partial charge is 0.463 e. The number of furan rings is 1. The van der Waals surface area contributed by atoms with Crippen LogP contribution < -0.4 is 0 Å². The van der Waals surface area contributed by atoms with Crippen LogP contribution in [-0.2, 0) is 0 Å². The number of carbonyl (C=O) groups is 1. The summed E-state index contributed by atoms with van der Waals surface area (Å²) in [7, 11) is 0. The zero-order chi connectivity index (χ0) is 16.5. The van der Waals surface area contributed by atoms with E-state index in [4.69, 9.17) is 4.42 Å². The third-order valence-electron chi connectivity index (χ3n) is 4.37. The number of aryl methyl sites for hydroxylation is 1. The molecule has 0 spiro atoms. The van der Waals surface area contributed by atoms with E-state index in [1.807, 2.05) is 54.3 Å². The molecule has 2 aromatic heterocycles. The van der Waals surface area contributed by atoms with Gasteiger partial charge in [0.2, 0.25) is 0 Å². The molecule has 3 aromatic rings. The average molecular weight is 321 g/mol. The third-order valence-corrected chi connectivity index (χ3v) is 4.37. The van der Waals surface area contributed by atoms with Gasteiger partial charge in [0, 0.05) is 19.2 Å². The maximum Gasteiger partial charge on any atom is 0.272 e. The van der Waals surface area contributed by atoms with Crippen LogP contribution in [0.4, 0.5) is 0 Å². The van der Waals surface area contributed by atoms with E-state index in [0.717, 1.165) is 31.6 Å². The van der Waals surface area contributed by atoms with Crippen molar-refractivity contribution in [3.63, 3.8) is 0 Å². The Balaban J connectivity index is 1.80. The number of carbonyl (C=O) groups excluding carboxylic acids is 1. The number of rotatable bonds is 3. The van der Waals surface area contributed by atoms with Gasteiger partial charge < -0.3 is 9.32 Å². The number of amides is 1. The first-order valence-electron chi connectivity index (χ1n) is 8.22. The second-order valence-electron chi connectivity index (χ2n) is 6.14. The molecule has 0 aliphatic carbocycles. The second kappa shape index (κ2) is 6.00. The van der Waals surface area contributed by atoms with Crippen molar-refractivity contribution in [2.75, 3.05) is 13.1 Å². The maximum atomic E-state index is 12.9. The highest BCUT2D eigenvalue weighted by atomic mass is 16.3. The molecule has 0 bridgehead atoms. The van der Waals surface area contributed by atoms with E-state index in [-0.39, 0.29) is 5.91 Å². The molecule has 0 atom stereocenters. The monoisotopic (exact) mass is 321 g/mol. The first-order chi connectivity index (χ1) is 11.7. The molecule has 0 saturated carbocycles. The minimum absolute atomic E-state index is 0.0263. The molecular formula is C19H19N3O2. The van der Waals surface area contributed by atoms with Crippen LogP contribution in [0, 0.1) is 6.92 Å². The Morgan fingerprint density at radius 1 is 1.12 bits per heavy atom. The van der Waals surface area contributed by atoms with E-state index < -0.39 is 0 Å². The summed E-state index contributed by atoms with van der Waals surface area (Å²) in [6.45, 7) is 3.67. The van der Waals surface area contributed by atoms with E-state index in [0.29, 0.717) is 17.1 Å². The highest BCUT2D eigenvalue weighted by molar-refractivity contribution is 5.94. The molecule has 0 radical (unpaired) electrons. The molecule has 24 heavy (non-hydrogen) atoms. The number of nitrogens with zero attached hydrogens (tertiary/aromatic N) is 3. The fraction of sp³-hybridized carbons (Fsp3) is 0.263. The summed E-state index contributed by atoms with van der Waals surface area (Å²) in [6.07, 6.45) is 3.74. The van der Waals surface area contributed by atoms with Gasteiger partial charge in [-0.3, -0.25) is 4.79 Å². The second-order valence-corrected chi connectivity index (χ2v) is 6.14. The molecule has 1 aromatic carbocycles. The summed E-state index contributed by atoms with van der Waals surface area (Å²) >= 11 is 0. The predicted molar refractivity (Wildman–Crippen MR) is 91.1 cm³/mol. The van der Waals surface area contributed by atoms with Gasteiger partial charge in [0.15, 0.2) is 5.76 Å². The molecule has 0 N–H and O–H groups in total. The van der Waals surface area contributed by atoms with E-state index >= 15 is 0 Å². The van der Waals surface area contributed by atoms with E-state index in [1.165, 1.54) is 5.56 Å². The first kappa shape index (κ1) is 14.8. The number of aromatic nitrogens is 2. The van der Waals surface area contributed by atoms with Gasteiger partial charge >= 0.3 is 0 Å². The van der Waals surface area contributed by atoms with Crippen LogP contribution in [0.5, 0.6) is 0 Å². The van der Waals surface area contributed by atoms with Crippen molar-refractivity contribution in [2.45, 2.75) is 19.8 Å². The van der Waals surface area contributed by atoms with Crippen molar-refractivity contribution >= 4 is 5.91 Å². The fourth-order valence-electron chi connectivity index (χ4n) is 3.04. The molecule has 4 rings (SSSR count). The zero-order valence-corrected chi connectivity index (χ0v) is 13.6. The summed E-state index contributed by atoms with van der Waals surface area (Å²) in [5.74, 6) is 0.690. The standard InChI is InChI=1S/C19H19N3O2/c1-14-6-8-15(9-7-14)22-17(19(23)21-10-2-3-11-21)13-16(20-22)18-5-4-12-24-18/h4-9,12-13H,2-3,10-11H2,1H3. The summed E-state index contributed by atoms with van der Waals surface area (Å²) < 4.78 is 7.17. The van der Waals surface area contributed by atoms with Crippen LogP contribution in [-0.4, -0.2) is 33.7 Å². The lowest BCUT2D eigenvalue weighted by Crippen LogP contribution is -2.29. The Bertz CT molecular complexity index is 841. The molecule has 1 amide bonds. The van der Waals surface area contributed by atoms with Crippen molar-refractivity contribution in [1.82, 2.24) is 14.7 Å². The SMILES string of the molecule is Cc1ccc(-n2nc(-c3ccco3)cc2C(=O)N2CCCC2)cc1. The molecule has 1 aliphatic heterocycles. The minimum Gasteiger partial charge on any atom is -0.463 e. The molecule has 5 heteroatoms. The first-order valence-corrected chi connectivity index (χ1v) is 8.22. The average Bonchev–Trinajstić information content (AvgIpc) is 3.34. The number of likely N-dealkylation sites (tertiary alicyclic amines) is 1. The Hall–Kier alpha value is -2.82. The van der Waals surface area contributed by atoms with Gasteiger partial charge in [0.1, 0.15) is 11.4 Å². The highest BCUT2D eigenvalue weighted by Gasteiger charge is 2.25. The lowest BCUT2D eigenvalue weighted by molar-refractivity contribution is 0.0784.